The van der Waals surface area contributed by atoms with Crippen LogP contribution in [0.3, 0.4) is 0 Å². The normalized spacial score (nSPS) is 35.0. The Morgan fingerprint density at radius 2 is 2.00 bits per heavy atom. The average molecular weight is 280 g/mol. The number of nitrogens with one attached hydrogen (secondary N) is 1. The molecule has 0 bridgehead atoms. The fourth-order valence-electron chi connectivity index (χ4n) is 4.12. The van der Waals surface area contributed by atoms with E-state index in [1.54, 1.807) is 0 Å². The summed E-state index contributed by atoms with van der Waals surface area (Å²) in [5.41, 5.74) is 6.25. The van der Waals surface area contributed by atoms with E-state index in [0.717, 1.165) is 51.7 Å². The molecule has 0 aromatic heterocycles. The summed E-state index contributed by atoms with van der Waals surface area (Å²) in [6.45, 7) is 6.81. The van der Waals surface area contributed by atoms with Crippen LogP contribution >= 0.6 is 0 Å². The van der Waals surface area contributed by atoms with Crippen LogP contribution in [0, 0.1) is 11.8 Å². The lowest BCUT2D eigenvalue weighted by Gasteiger charge is -2.30. The zero-order valence-electron chi connectivity index (χ0n) is 12.4. The van der Waals surface area contributed by atoms with E-state index in [1.807, 2.05) is 4.90 Å². The van der Waals surface area contributed by atoms with Gasteiger partial charge in [0.15, 0.2) is 0 Å². The van der Waals surface area contributed by atoms with Gasteiger partial charge < -0.3 is 20.9 Å². The molecule has 3 rings (SSSR count). The topological polar surface area (TPSA) is 61.6 Å². The molecule has 1 aliphatic carbocycles. The molecular formula is C15H28N4O. The first-order valence-corrected chi connectivity index (χ1v) is 8.20. The molecule has 0 aromatic carbocycles. The summed E-state index contributed by atoms with van der Waals surface area (Å²) in [4.78, 5) is 16.7. The molecule has 5 heteroatoms. The van der Waals surface area contributed by atoms with Gasteiger partial charge in [0.1, 0.15) is 0 Å². The van der Waals surface area contributed by atoms with Crippen LogP contribution in [0.4, 0.5) is 0 Å². The fourth-order valence-corrected chi connectivity index (χ4v) is 4.12. The van der Waals surface area contributed by atoms with Gasteiger partial charge in [0.2, 0.25) is 5.91 Å². The zero-order chi connectivity index (χ0) is 13.9. The van der Waals surface area contributed by atoms with Crippen LogP contribution in [0.15, 0.2) is 0 Å². The minimum atomic E-state index is 0.325. The molecule has 1 saturated carbocycles. The number of carbonyl (C=O) groups is 1. The van der Waals surface area contributed by atoms with Crippen molar-refractivity contribution in [2.45, 2.75) is 31.7 Å². The summed E-state index contributed by atoms with van der Waals surface area (Å²) in [6, 6.07) is 0.391. The summed E-state index contributed by atoms with van der Waals surface area (Å²) in [6.07, 6.45) is 4.49. The highest BCUT2D eigenvalue weighted by Gasteiger charge is 2.38. The number of nitrogens with two attached hydrogens (primary N) is 1. The Hall–Kier alpha value is -0.650. The maximum Gasteiger partial charge on any atom is 0.223 e. The Bertz CT molecular complexity index is 343. The van der Waals surface area contributed by atoms with Gasteiger partial charge in [0.05, 0.1) is 0 Å². The Balaban J connectivity index is 1.44. The molecule has 3 fully saturated rings. The van der Waals surface area contributed by atoms with Gasteiger partial charge >= 0.3 is 0 Å². The molecule has 2 saturated heterocycles. The molecule has 5 nitrogen and oxygen atoms in total. The quantitative estimate of drug-likeness (QED) is 0.756. The van der Waals surface area contributed by atoms with Gasteiger partial charge in [-0.2, -0.15) is 0 Å². The standard InChI is InChI=1S/C15H28N4O/c16-14-3-1-2-12-10-18(11-13(12)14)7-4-15(20)19-8-5-17-6-9-19/h12-14,17H,1-11,16H2. The first-order chi connectivity index (χ1) is 9.74. The van der Waals surface area contributed by atoms with Crippen molar-refractivity contribution < 1.29 is 4.79 Å². The molecule has 2 aliphatic heterocycles. The summed E-state index contributed by atoms with van der Waals surface area (Å²) >= 11 is 0. The van der Waals surface area contributed by atoms with Gasteiger partial charge in [-0.25, -0.2) is 0 Å². The minimum absolute atomic E-state index is 0.325. The lowest BCUT2D eigenvalue weighted by molar-refractivity contribution is -0.132. The predicted molar refractivity (Wildman–Crippen MR) is 79.3 cm³/mol. The molecule has 3 atom stereocenters. The molecule has 3 unspecified atom stereocenters. The van der Waals surface area contributed by atoms with Gasteiger partial charge in [-0.15, -0.1) is 0 Å². The van der Waals surface area contributed by atoms with Crippen molar-refractivity contribution in [3.8, 4) is 0 Å². The smallest absolute Gasteiger partial charge is 0.223 e. The van der Waals surface area contributed by atoms with Crippen LogP contribution in [0.5, 0.6) is 0 Å². The van der Waals surface area contributed by atoms with Crippen LogP contribution in [-0.2, 0) is 4.79 Å². The van der Waals surface area contributed by atoms with Crippen molar-refractivity contribution >= 4 is 5.91 Å². The lowest BCUT2D eigenvalue weighted by Crippen LogP contribution is -2.47. The van der Waals surface area contributed by atoms with Crippen LogP contribution in [-0.4, -0.2) is 67.6 Å². The monoisotopic (exact) mass is 280 g/mol. The number of fused-ring (bicyclic) bond motifs is 1. The maximum atomic E-state index is 12.2. The van der Waals surface area contributed by atoms with Crippen molar-refractivity contribution in [3.05, 3.63) is 0 Å². The van der Waals surface area contributed by atoms with Gasteiger partial charge in [-0.05, 0) is 24.7 Å². The molecule has 0 radical (unpaired) electrons. The number of amides is 1. The van der Waals surface area contributed by atoms with E-state index >= 15 is 0 Å². The molecule has 114 valence electrons. The lowest BCUT2D eigenvalue weighted by atomic mass is 9.78. The fraction of sp³-hybridized carbons (Fsp3) is 0.933. The third-order valence-electron chi connectivity index (χ3n) is 5.34. The summed E-state index contributed by atoms with van der Waals surface area (Å²) in [7, 11) is 0. The molecule has 3 N–H and O–H groups in total. The highest BCUT2D eigenvalue weighted by atomic mass is 16.2. The van der Waals surface area contributed by atoms with Crippen LogP contribution in [0.25, 0.3) is 0 Å². The van der Waals surface area contributed by atoms with Gasteiger partial charge in [-0.1, -0.05) is 6.42 Å². The van der Waals surface area contributed by atoms with E-state index in [1.165, 1.54) is 19.3 Å². The molecular weight excluding hydrogens is 252 g/mol. The third-order valence-corrected chi connectivity index (χ3v) is 5.34. The van der Waals surface area contributed by atoms with E-state index in [-0.39, 0.29) is 0 Å². The SMILES string of the molecule is NC1CCCC2CN(CCC(=O)N3CCNCC3)CC12. The zero-order valence-corrected chi connectivity index (χ0v) is 12.4. The second-order valence-electron chi connectivity index (χ2n) is 6.66. The molecule has 3 aliphatic rings. The number of carbonyl (C=O) groups excluding carboxylic acids is 1. The largest absolute Gasteiger partial charge is 0.340 e. The average Bonchev–Trinajstić information content (AvgIpc) is 2.90. The number of rotatable bonds is 3. The highest BCUT2D eigenvalue weighted by Crippen LogP contribution is 2.35. The molecule has 0 spiro atoms. The number of piperazine rings is 1. The second kappa shape index (κ2) is 6.41. The van der Waals surface area contributed by atoms with Gasteiger partial charge in [0, 0.05) is 58.3 Å². The Morgan fingerprint density at radius 1 is 1.20 bits per heavy atom. The van der Waals surface area contributed by atoms with Crippen molar-refractivity contribution in [2.24, 2.45) is 17.6 Å². The van der Waals surface area contributed by atoms with Crippen LogP contribution in [0.2, 0.25) is 0 Å². The molecule has 1 amide bonds. The number of hydrogen-bond acceptors (Lipinski definition) is 4. The number of nitrogens with zero attached hydrogens (tertiary/aromatic N) is 2. The number of likely N-dealkylation sites (tertiary alicyclic amines) is 1. The molecule has 0 aromatic rings. The van der Waals surface area contributed by atoms with Crippen molar-refractivity contribution in [1.82, 2.24) is 15.1 Å². The first-order valence-electron chi connectivity index (χ1n) is 8.20. The Labute approximate surface area is 121 Å². The van der Waals surface area contributed by atoms with E-state index in [4.69, 9.17) is 5.73 Å². The van der Waals surface area contributed by atoms with Crippen molar-refractivity contribution in [2.75, 3.05) is 45.8 Å². The van der Waals surface area contributed by atoms with Gasteiger partial charge in [-0.3, -0.25) is 4.79 Å². The number of hydrogen-bond donors (Lipinski definition) is 2. The van der Waals surface area contributed by atoms with E-state index in [2.05, 4.69) is 10.2 Å². The Morgan fingerprint density at radius 3 is 2.75 bits per heavy atom. The van der Waals surface area contributed by atoms with E-state index < -0.39 is 0 Å². The minimum Gasteiger partial charge on any atom is -0.340 e. The first kappa shape index (κ1) is 14.3. The van der Waals surface area contributed by atoms with E-state index in [9.17, 15) is 4.79 Å². The molecule has 20 heavy (non-hydrogen) atoms. The second-order valence-corrected chi connectivity index (χ2v) is 6.66. The predicted octanol–water partition coefficient (Wildman–Crippen LogP) is -0.132. The Kier molecular flexibility index (Phi) is 4.58. The van der Waals surface area contributed by atoms with Gasteiger partial charge in [0.25, 0.3) is 0 Å². The maximum absolute atomic E-state index is 12.2. The molecule has 2 heterocycles. The summed E-state index contributed by atoms with van der Waals surface area (Å²) < 4.78 is 0. The van der Waals surface area contributed by atoms with Crippen molar-refractivity contribution in [3.63, 3.8) is 0 Å². The highest BCUT2D eigenvalue weighted by molar-refractivity contribution is 5.76. The third kappa shape index (κ3) is 3.15. The summed E-state index contributed by atoms with van der Waals surface area (Å²) in [5.74, 6) is 1.79. The van der Waals surface area contributed by atoms with Crippen LogP contribution in [0.1, 0.15) is 25.7 Å². The van der Waals surface area contributed by atoms with Crippen LogP contribution < -0.4 is 11.1 Å². The summed E-state index contributed by atoms with van der Waals surface area (Å²) in [5, 5.41) is 3.29. The van der Waals surface area contributed by atoms with E-state index in [0.29, 0.717) is 24.3 Å². The van der Waals surface area contributed by atoms with Crippen molar-refractivity contribution in [1.29, 1.82) is 0 Å².